The molecule has 2 N–H and O–H groups in total. The lowest BCUT2D eigenvalue weighted by Gasteiger charge is -2.22. The summed E-state index contributed by atoms with van der Waals surface area (Å²) in [4.78, 5) is 25.1. The first kappa shape index (κ1) is 19.5. The van der Waals surface area contributed by atoms with Gasteiger partial charge in [-0.1, -0.05) is 37.3 Å². The Bertz CT molecular complexity index is 751. The number of ether oxygens (including phenoxy) is 1. The van der Waals surface area contributed by atoms with Crippen LogP contribution in [0, 0.1) is 0 Å². The molecule has 26 heavy (non-hydrogen) atoms. The van der Waals surface area contributed by atoms with E-state index in [2.05, 4.69) is 10.6 Å². The van der Waals surface area contributed by atoms with Crippen molar-refractivity contribution in [1.29, 1.82) is 0 Å². The summed E-state index contributed by atoms with van der Waals surface area (Å²) in [6.45, 7) is 7.61. The smallest absolute Gasteiger partial charge is 0.265 e. The predicted octanol–water partition coefficient (Wildman–Crippen LogP) is 4.01. The first-order chi connectivity index (χ1) is 12.3. The van der Waals surface area contributed by atoms with E-state index >= 15 is 0 Å². The van der Waals surface area contributed by atoms with Crippen LogP contribution in [0.15, 0.2) is 54.6 Å². The summed E-state index contributed by atoms with van der Waals surface area (Å²) in [6, 6.07) is 16.2. The van der Waals surface area contributed by atoms with Crippen LogP contribution in [0.4, 0.5) is 5.69 Å². The maximum Gasteiger partial charge on any atom is 0.265 e. The molecular weight excluding hydrogens is 328 g/mol. The van der Waals surface area contributed by atoms with Gasteiger partial charge in [0.15, 0.2) is 6.10 Å². The average molecular weight is 354 g/mol. The molecule has 5 heteroatoms. The second-order valence-corrected chi connectivity index (χ2v) is 7.07. The topological polar surface area (TPSA) is 67.4 Å². The van der Waals surface area contributed by atoms with E-state index in [9.17, 15) is 9.59 Å². The van der Waals surface area contributed by atoms with Crippen LogP contribution in [0.5, 0.6) is 5.75 Å². The highest BCUT2D eigenvalue weighted by atomic mass is 16.5. The molecule has 2 aromatic rings. The van der Waals surface area contributed by atoms with Gasteiger partial charge in [-0.3, -0.25) is 9.59 Å². The summed E-state index contributed by atoms with van der Waals surface area (Å²) < 4.78 is 5.77. The zero-order chi connectivity index (χ0) is 19.2. The molecule has 5 nitrogen and oxygen atoms in total. The van der Waals surface area contributed by atoms with E-state index < -0.39 is 6.10 Å². The second kappa shape index (κ2) is 8.52. The van der Waals surface area contributed by atoms with Crippen molar-refractivity contribution in [3.8, 4) is 5.75 Å². The molecule has 1 unspecified atom stereocenters. The van der Waals surface area contributed by atoms with E-state index in [0.29, 0.717) is 23.4 Å². The molecule has 0 heterocycles. The minimum Gasteiger partial charge on any atom is -0.481 e. The van der Waals surface area contributed by atoms with Crippen LogP contribution in [0.3, 0.4) is 0 Å². The largest absolute Gasteiger partial charge is 0.481 e. The van der Waals surface area contributed by atoms with Gasteiger partial charge in [0.25, 0.3) is 11.8 Å². The van der Waals surface area contributed by atoms with Crippen molar-refractivity contribution in [3.63, 3.8) is 0 Å². The van der Waals surface area contributed by atoms with Crippen LogP contribution >= 0.6 is 0 Å². The average Bonchev–Trinajstić information content (AvgIpc) is 2.59. The third kappa shape index (κ3) is 5.62. The van der Waals surface area contributed by atoms with Crippen molar-refractivity contribution in [2.45, 2.75) is 45.8 Å². The highest BCUT2D eigenvalue weighted by Crippen LogP contribution is 2.18. The zero-order valence-corrected chi connectivity index (χ0v) is 15.7. The van der Waals surface area contributed by atoms with Gasteiger partial charge in [0.05, 0.1) is 11.3 Å². The van der Waals surface area contributed by atoms with E-state index in [-0.39, 0.29) is 17.4 Å². The Morgan fingerprint density at radius 3 is 2.23 bits per heavy atom. The van der Waals surface area contributed by atoms with Crippen molar-refractivity contribution >= 4 is 17.5 Å². The summed E-state index contributed by atoms with van der Waals surface area (Å²) in [7, 11) is 0. The third-order valence-corrected chi connectivity index (χ3v) is 3.60. The number of rotatable bonds is 6. The van der Waals surface area contributed by atoms with Crippen LogP contribution in [-0.4, -0.2) is 23.5 Å². The second-order valence-electron chi connectivity index (χ2n) is 7.07. The van der Waals surface area contributed by atoms with Gasteiger partial charge in [0, 0.05) is 5.54 Å². The molecule has 0 aliphatic rings. The Kier molecular flexibility index (Phi) is 6.39. The van der Waals surface area contributed by atoms with Gasteiger partial charge in [-0.05, 0) is 51.5 Å². The summed E-state index contributed by atoms with van der Waals surface area (Å²) in [5, 5.41) is 5.73. The number of benzene rings is 2. The lowest BCUT2D eigenvalue weighted by atomic mass is 10.1. The van der Waals surface area contributed by atoms with Crippen LogP contribution < -0.4 is 15.4 Å². The fourth-order valence-corrected chi connectivity index (χ4v) is 2.40. The Morgan fingerprint density at radius 1 is 1.00 bits per heavy atom. The standard InChI is InChI=1S/C21H26N2O3/c1-5-18(26-15-11-7-6-8-12-15)20(25)22-17-14-10-9-13-16(17)19(24)23-21(2,3)4/h6-14,18H,5H2,1-4H3,(H,22,25)(H,23,24). The number of carbonyl (C=O) groups is 2. The van der Waals surface area contributed by atoms with Crippen LogP contribution in [0.2, 0.25) is 0 Å². The van der Waals surface area contributed by atoms with Crippen LogP contribution in [0.1, 0.15) is 44.5 Å². The molecule has 0 saturated carbocycles. The Balaban J connectivity index is 2.14. The number of amides is 2. The van der Waals surface area contributed by atoms with E-state index in [1.165, 1.54) is 0 Å². The van der Waals surface area contributed by atoms with Gasteiger partial charge < -0.3 is 15.4 Å². The first-order valence-corrected chi connectivity index (χ1v) is 8.74. The SMILES string of the molecule is CCC(Oc1ccccc1)C(=O)Nc1ccccc1C(=O)NC(C)(C)C. The summed E-state index contributed by atoms with van der Waals surface area (Å²) in [5.74, 6) is 0.117. The molecule has 1 atom stereocenters. The van der Waals surface area contributed by atoms with Gasteiger partial charge in [0.2, 0.25) is 0 Å². The summed E-state index contributed by atoms with van der Waals surface area (Å²) in [6.07, 6.45) is -0.131. The number of hydrogen-bond acceptors (Lipinski definition) is 3. The lowest BCUT2D eigenvalue weighted by molar-refractivity contribution is -0.122. The minimum absolute atomic E-state index is 0.231. The van der Waals surface area contributed by atoms with Gasteiger partial charge in [-0.25, -0.2) is 0 Å². The number of anilines is 1. The van der Waals surface area contributed by atoms with Crippen molar-refractivity contribution in [3.05, 3.63) is 60.2 Å². The van der Waals surface area contributed by atoms with E-state index in [4.69, 9.17) is 4.74 Å². The van der Waals surface area contributed by atoms with Gasteiger partial charge in [-0.2, -0.15) is 0 Å². The summed E-state index contributed by atoms with van der Waals surface area (Å²) >= 11 is 0. The van der Waals surface area contributed by atoms with E-state index in [1.54, 1.807) is 36.4 Å². The molecule has 138 valence electrons. The van der Waals surface area contributed by atoms with Crippen molar-refractivity contribution in [2.24, 2.45) is 0 Å². The van der Waals surface area contributed by atoms with Crippen molar-refractivity contribution in [1.82, 2.24) is 5.32 Å². The number of carbonyl (C=O) groups excluding carboxylic acids is 2. The lowest BCUT2D eigenvalue weighted by Crippen LogP contribution is -2.41. The van der Waals surface area contributed by atoms with Crippen LogP contribution in [0.25, 0.3) is 0 Å². The highest BCUT2D eigenvalue weighted by molar-refractivity contribution is 6.04. The first-order valence-electron chi connectivity index (χ1n) is 8.74. The number of para-hydroxylation sites is 2. The van der Waals surface area contributed by atoms with Crippen molar-refractivity contribution in [2.75, 3.05) is 5.32 Å². The van der Waals surface area contributed by atoms with Crippen molar-refractivity contribution < 1.29 is 14.3 Å². The number of nitrogens with one attached hydrogen (secondary N) is 2. The molecule has 0 radical (unpaired) electrons. The Labute approximate surface area is 154 Å². The maximum absolute atomic E-state index is 12.6. The highest BCUT2D eigenvalue weighted by Gasteiger charge is 2.22. The molecular formula is C21H26N2O3. The molecule has 0 spiro atoms. The molecule has 2 aromatic carbocycles. The molecule has 0 aliphatic carbocycles. The maximum atomic E-state index is 12.6. The molecule has 0 aromatic heterocycles. The molecule has 2 amide bonds. The minimum atomic E-state index is -0.642. The quantitative estimate of drug-likeness (QED) is 0.823. The van der Waals surface area contributed by atoms with Gasteiger partial charge in [-0.15, -0.1) is 0 Å². The molecule has 0 saturated heterocycles. The van der Waals surface area contributed by atoms with E-state index in [1.807, 2.05) is 45.9 Å². The normalized spacial score (nSPS) is 12.2. The molecule has 0 bridgehead atoms. The Hall–Kier alpha value is -2.82. The van der Waals surface area contributed by atoms with Gasteiger partial charge in [0.1, 0.15) is 5.75 Å². The summed E-state index contributed by atoms with van der Waals surface area (Å²) in [5.41, 5.74) is 0.524. The molecule has 2 rings (SSSR count). The van der Waals surface area contributed by atoms with E-state index in [0.717, 1.165) is 0 Å². The van der Waals surface area contributed by atoms with Crippen LogP contribution in [-0.2, 0) is 4.79 Å². The fraction of sp³-hybridized carbons (Fsp3) is 0.333. The predicted molar refractivity (Wildman–Crippen MR) is 103 cm³/mol. The number of hydrogen-bond donors (Lipinski definition) is 2. The fourth-order valence-electron chi connectivity index (χ4n) is 2.40. The zero-order valence-electron chi connectivity index (χ0n) is 15.7. The van der Waals surface area contributed by atoms with Gasteiger partial charge >= 0.3 is 0 Å². The Morgan fingerprint density at radius 2 is 1.62 bits per heavy atom. The third-order valence-electron chi connectivity index (χ3n) is 3.60. The monoisotopic (exact) mass is 354 g/mol. The molecule has 0 fully saturated rings. The molecule has 0 aliphatic heterocycles.